The lowest BCUT2D eigenvalue weighted by Gasteiger charge is -2.32. The monoisotopic (exact) mass is 260 g/mol. The number of piperidine rings is 1. The molecule has 4 nitrogen and oxygen atoms in total. The molecule has 1 fully saturated rings. The summed E-state index contributed by atoms with van der Waals surface area (Å²) < 4.78 is 0. The van der Waals surface area contributed by atoms with Crippen LogP contribution in [0.4, 0.5) is 0 Å². The van der Waals surface area contributed by atoms with Gasteiger partial charge in [0.2, 0.25) is 11.8 Å². The summed E-state index contributed by atoms with van der Waals surface area (Å²) in [4.78, 5) is 25.0. The molecule has 0 unspecified atom stereocenters. The van der Waals surface area contributed by atoms with Crippen molar-refractivity contribution in [1.29, 1.82) is 0 Å². The molecule has 0 radical (unpaired) electrons. The van der Waals surface area contributed by atoms with Crippen molar-refractivity contribution < 1.29 is 9.59 Å². The van der Waals surface area contributed by atoms with Crippen LogP contribution < -0.4 is 5.32 Å². The van der Waals surface area contributed by atoms with Gasteiger partial charge in [0.25, 0.3) is 0 Å². The van der Waals surface area contributed by atoms with Crippen molar-refractivity contribution >= 4 is 23.4 Å². The number of halogens is 1. The summed E-state index contributed by atoms with van der Waals surface area (Å²) in [5.74, 6) is 0.101. The van der Waals surface area contributed by atoms with Crippen molar-refractivity contribution in [2.45, 2.75) is 39.2 Å². The maximum Gasteiger partial charge on any atom is 0.237 e. The first-order valence-electron chi connectivity index (χ1n) is 5.99. The van der Waals surface area contributed by atoms with E-state index in [2.05, 4.69) is 5.32 Å². The van der Waals surface area contributed by atoms with Gasteiger partial charge in [-0.05, 0) is 33.6 Å². The second-order valence-electron chi connectivity index (χ2n) is 5.53. The summed E-state index contributed by atoms with van der Waals surface area (Å²) in [5, 5.41) is 2.98. The largest absolute Gasteiger partial charge is 0.351 e. The lowest BCUT2D eigenvalue weighted by atomic mass is 9.94. The molecule has 0 bridgehead atoms. The molecule has 1 rings (SSSR count). The number of alkyl halides is 1. The van der Waals surface area contributed by atoms with E-state index < -0.39 is 0 Å². The summed E-state index contributed by atoms with van der Waals surface area (Å²) in [6.07, 6.45) is 1.45. The Kier molecular flexibility index (Phi) is 4.80. The first-order valence-corrected chi connectivity index (χ1v) is 6.52. The van der Waals surface area contributed by atoms with Gasteiger partial charge in [-0.25, -0.2) is 0 Å². The van der Waals surface area contributed by atoms with Crippen molar-refractivity contribution in [3.63, 3.8) is 0 Å². The number of likely N-dealkylation sites (tertiary alicyclic amines) is 1. The molecule has 1 N–H and O–H groups in total. The minimum atomic E-state index is -0.194. The summed E-state index contributed by atoms with van der Waals surface area (Å²) in [6, 6.07) is 0. The van der Waals surface area contributed by atoms with Crippen LogP contribution in [-0.4, -0.2) is 41.2 Å². The molecular formula is C12H21ClN2O2. The molecule has 1 heterocycles. The van der Waals surface area contributed by atoms with Gasteiger partial charge in [-0.1, -0.05) is 0 Å². The van der Waals surface area contributed by atoms with Crippen molar-refractivity contribution in [2.75, 3.05) is 19.0 Å². The smallest absolute Gasteiger partial charge is 0.237 e. The number of hydrogen-bond donors (Lipinski definition) is 1. The van der Waals surface area contributed by atoms with Gasteiger partial charge in [-0.15, -0.1) is 11.6 Å². The zero-order chi connectivity index (χ0) is 13.1. The fourth-order valence-electron chi connectivity index (χ4n) is 1.95. The molecule has 0 aromatic heterocycles. The summed E-state index contributed by atoms with van der Waals surface area (Å²) in [7, 11) is 0. The summed E-state index contributed by atoms with van der Waals surface area (Å²) in [6.45, 7) is 7.17. The van der Waals surface area contributed by atoms with Gasteiger partial charge in [0.1, 0.15) is 5.88 Å². The van der Waals surface area contributed by atoms with E-state index in [1.54, 1.807) is 4.90 Å². The molecular weight excluding hydrogens is 240 g/mol. The van der Waals surface area contributed by atoms with Gasteiger partial charge in [-0.3, -0.25) is 9.59 Å². The van der Waals surface area contributed by atoms with Gasteiger partial charge in [0.05, 0.1) is 0 Å². The SMILES string of the molecule is CC(C)(C)NC(=O)C1CCN(C(=O)CCl)CC1. The third-order valence-corrected chi connectivity index (χ3v) is 3.06. The number of nitrogens with zero attached hydrogens (tertiary/aromatic N) is 1. The van der Waals surface area contributed by atoms with Gasteiger partial charge < -0.3 is 10.2 Å². The molecule has 0 aliphatic carbocycles. The molecule has 98 valence electrons. The van der Waals surface area contributed by atoms with Crippen LogP contribution in [0.25, 0.3) is 0 Å². The number of hydrogen-bond acceptors (Lipinski definition) is 2. The zero-order valence-electron chi connectivity index (χ0n) is 10.8. The Labute approximate surface area is 108 Å². The fraction of sp³-hybridized carbons (Fsp3) is 0.833. The van der Waals surface area contributed by atoms with E-state index in [4.69, 9.17) is 11.6 Å². The maximum atomic E-state index is 11.9. The predicted octanol–water partition coefficient (Wildman–Crippen LogP) is 1.38. The molecule has 0 spiro atoms. The van der Waals surface area contributed by atoms with E-state index in [9.17, 15) is 9.59 Å². The second kappa shape index (κ2) is 5.71. The number of carbonyl (C=O) groups is 2. The number of nitrogens with one attached hydrogen (secondary N) is 1. The Balaban J connectivity index is 2.42. The van der Waals surface area contributed by atoms with Crippen LogP contribution >= 0.6 is 11.6 Å². The molecule has 1 saturated heterocycles. The third-order valence-electron chi connectivity index (χ3n) is 2.83. The zero-order valence-corrected chi connectivity index (χ0v) is 11.5. The first kappa shape index (κ1) is 14.3. The van der Waals surface area contributed by atoms with Crippen LogP contribution in [0.2, 0.25) is 0 Å². The maximum absolute atomic E-state index is 11.9. The van der Waals surface area contributed by atoms with E-state index >= 15 is 0 Å². The predicted molar refractivity (Wildman–Crippen MR) is 67.9 cm³/mol. The molecule has 1 aliphatic rings. The first-order chi connectivity index (χ1) is 7.83. The highest BCUT2D eigenvalue weighted by molar-refractivity contribution is 6.27. The minimum absolute atomic E-state index is 0.0219. The highest BCUT2D eigenvalue weighted by Crippen LogP contribution is 2.18. The molecule has 0 atom stereocenters. The number of amides is 2. The average molecular weight is 261 g/mol. The Morgan fingerprint density at radius 1 is 1.29 bits per heavy atom. The third kappa shape index (κ3) is 4.54. The van der Waals surface area contributed by atoms with Crippen LogP contribution in [0.5, 0.6) is 0 Å². The lowest BCUT2D eigenvalue weighted by Crippen LogP contribution is -2.48. The van der Waals surface area contributed by atoms with Crippen molar-refractivity contribution in [2.24, 2.45) is 5.92 Å². The molecule has 17 heavy (non-hydrogen) atoms. The number of carbonyl (C=O) groups excluding carboxylic acids is 2. The van der Waals surface area contributed by atoms with Crippen LogP contribution in [0, 0.1) is 5.92 Å². The molecule has 0 saturated carbocycles. The van der Waals surface area contributed by atoms with E-state index in [-0.39, 0.29) is 29.2 Å². The molecule has 5 heteroatoms. The van der Waals surface area contributed by atoms with Crippen LogP contribution in [-0.2, 0) is 9.59 Å². The van der Waals surface area contributed by atoms with Crippen molar-refractivity contribution in [3.05, 3.63) is 0 Å². The van der Waals surface area contributed by atoms with Crippen LogP contribution in [0.3, 0.4) is 0 Å². The van der Waals surface area contributed by atoms with E-state index in [1.807, 2.05) is 20.8 Å². The lowest BCUT2D eigenvalue weighted by molar-refractivity contribution is -0.134. The Morgan fingerprint density at radius 2 is 1.82 bits per heavy atom. The van der Waals surface area contributed by atoms with Crippen LogP contribution in [0.15, 0.2) is 0 Å². The average Bonchev–Trinajstić information content (AvgIpc) is 2.26. The fourth-order valence-corrected chi connectivity index (χ4v) is 2.12. The van der Waals surface area contributed by atoms with Gasteiger partial charge >= 0.3 is 0 Å². The Bertz CT molecular complexity index is 291. The molecule has 0 aromatic carbocycles. The minimum Gasteiger partial charge on any atom is -0.351 e. The quantitative estimate of drug-likeness (QED) is 0.763. The topological polar surface area (TPSA) is 49.4 Å². The Hall–Kier alpha value is -0.770. The van der Waals surface area contributed by atoms with E-state index in [0.29, 0.717) is 13.1 Å². The second-order valence-corrected chi connectivity index (χ2v) is 5.80. The normalized spacial score (nSPS) is 18.0. The van der Waals surface area contributed by atoms with E-state index in [1.165, 1.54) is 0 Å². The molecule has 0 aromatic rings. The highest BCUT2D eigenvalue weighted by atomic mass is 35.5. The highest BCUT2D eigenvalue weighted by Gasteiger charge is 2.28. The van der Waals surface area contributed by atoms with Crippen LogP contribution in [0.1, 0.15) is 33.6 Å². The van der Waals surface area contributed by atoms with Gasteiger partial charge in [-0.2, -0.15) is 0 Å². The number of rotatable bonds is 2. The molecule has 2 amide bonds. The van der Waals surface area contributed by atoms with Crippen molar-refractivity contribution in [3.8, 4) is 0 Å². The molecule has 1 aliphatic heterocycles. The van der Waals surface area contributed by atoms with Crippen molar-refractivity contribution in [1.82, 2.24) is 10.2 Å². The summed E-state index contributed by atoms with van der Waals surface area (Å²) in [5.41, 5.74) is -0.194. The standard InChI is InChI=1S/C12H21ClN2O2/c1-12(2,3)14-11(17)9-4-6-15(7-5-9)10(16)8-13/h9H,4-8H2,1-3H3,(H,14,17). The van der Waals surface area contributed by atoms with Gasteiger partial charge in [0, 0.05) is 24.5 Å². The van der Waals surface area contributed by atoms with E-state index in [0.717, 1.165) is 12.8 Å². The van der Waals surface area contributed by atoms with Gasteiger partial charge in [0.15, 0.2) is 0 Å². The summed E-state index contributed by atoms with van der Waals surface area (Å²) >= 11 is 5.50. The Morgan fingerprint density at radius 3 is 2.24 bits per heavy atom.